The number of esters is 3. The van der Waals surface area contributed by atoms with Crippen LogP contribution in [0, 0.1) is 0 Å². The predicted octanol–water partition coefficient (Wildman–Crippen LogP) is 21.4. The van der Waals surface area contributed by atoms with Crippen LogP contribution in [0.1, 0.15) is 335 Å². The van der Waals surface area contributed by atoms with Gasteiger partial charge in [-0.05, 0) is 83.5 Å². The van der Waals surface area contributed by atoms with Gasteiger partial charge in [0, 0.05) is 19.3 Å². The third-order valence-corrected chi connectivity index (χ3v) is 14.1. The van der Waals surface area contributed by atoms with Gasteiger partial charge in [0.15, 0.2) is 6.10 Å². The molecule has 0 amide bonds. The Hall–Kier alpha value is -2.63. The van der Waals surface area contributed by atoms with E-state index in [0.29, 0.717) is 19.3 Å². The summed E-state index contributed by atoms with van der Waals surface area (Å²) >= 11 is 0. The van der Waals surface area contributed by atoms with Gasteiger partial charge in [0.2, 0.25) is 0 Å². The molecule has 0 aliphatic rings. The summed E-state index contributed by atoms with van der Waals surface area (Å²) in [6, 6.07) is 0. The van der Waals surface area contributed by atoms with Gasteiger partial charge >= 0.3 is 17.9 Å². The zero-order chi connectivity index (χ0) is 52.2. The van der Waals surface area contributed by atoms with Gasteiger partial charge in [-0.1, -0.05) is 281 Å². The number of unbranched alkanes of at least 4 members (excludes halogenated alkanes) is 39. The van der Waals surface area contributed by atoms with Crippen molar-refractivity contribution >= 4 is 17.9 Å². The normalized spacial score (nSPS) is 12.3. The van der Waals surface area contributed by atoms with E-state index < -0.39 is 6.10 Å². The van der Waals surface area contributed by atoms with Crippen LogP contribution in [0.4, 0.5) is 0 Å². The van der Waals surface area contributed by atoms with Crippen LogP contribution in [0.5, 0.6) is 0 Å². The van der Waals surface area contributed by atoms with Crippen LogP contribution < -0.4 is 0 Å². The topological polar surface area (TPSA) is 78.9 Å². The molecule has 0 rings (SSSR count). The summed E-state index contributed by atoms with van der Waals surface area (Å²) in [5.41, 5.74) is 0. The van der Waals surface area contributed by atoms with Crippen molar-refractivity contribution in [2.24, 2.45) is 0 Å². The number of carbonyl (C=O) groups excluding carboxylic acids is 3. The molecular weight excluding hydrogens is 889 g/mol. The van der Waals surface area contributed by atoms with Crippen molar-refractivity contribution in [3.05, 3.63) is 48.6 Å². The highest BCUT2D eigenvalue weighted by Crippen LogP contribution is 2.17. The largest absolute Gasteiger partial charge is 0.462 e. The molecule has 420 valence electrons. The monoisotopic (exact) mass is 1010 g/mol. The van der Waals surface area contributed by atoms with Gasteiger partial charge in [-0.25, -0.2) is 0 Å². The van der Waals surface area contributed by atoms with Crippen LogP contribution >= 0.6 is 0 Å². The van der Waals surface area contributed by atoms with Crippen molar-refractivity contribution in [1.82, 2.24) is 0 Å². The fourth-order valence-corrected chi connectivity index (χ4v) is 9.27. The van der Waals surface area contributed by atoms with Crippen LogP contribution in [0.15, 0.2) is 48.6 Å². The van der Waals surface area contributed by atoms with E-state index in [1.807, 2.05) is 0 Å². The lowest BCUT2D eigenvalue weighted by Gasteiger charge is -2.18. The Morgan fingerprint density at radius 1 is 0.278 bits per heavy atom. The van der Waals surface area contributed by atoms with Crippen LogP contribution in [-0.4, -0.2) is 37.2 Å². The van der Waals surface area contributed by atoms with Crippen molar-refractivity contribution in [2.75, 3.05) is 13.2 Å². The number of hydrogen-bond acceptors (Lipinski definition) is 6. The Kier molecular flexibility index (Phi) is 58.7. The lowest BCUT2D eigenvalue weighted by Crippen LogP contribution is -2.30. The second-order valence-electron chi connectivity index (χ2n) is 21.3. The highest BCUT2D eigenvalue weighted by molar-refractivity contribution is 5.71. The lowest BCUT2D eigenvalue weighted by molar-refractivity contribution is -0.167. The molecule has 0 aromatic rings. The van der Waals surface area contributed by atoms with E-state index in [0.717, 1.165) is 77.0 Å². The maximum atomic E-state index is 12.8. The zero-order valence-corrected chi connectivity index (χ0v) is 48.2. The molecule has 0 saturated carbocycles. The molecule has 0 N–H and O–H groups in total. The van der Waals surface area contributed by atoms with Gasteiger partial charge in [0.05, 0.1) is 0 Å². The first-order valence-corrected chi connectivity index (χ1v) is 31.6. The summed E-state index contributed by atoms with van der Waals surface area (Å²) in [7, 11) is 0. The van der Waals surface area contributed by atoms with Crippen molar-refractivity contribution in [2.45, 2.75) is 341 Å². The van der Waals surface area contributed by atoms with E-state index in [2.05, 4.69) is 69.4 Å². The van der Waals surface area contributed by atoms with E-state index in [1.54, 1.807) is 0 Å². The van der Waals surface area contributed by atoms with Crippen molar-refractivity contribution in [3.63, 3.8) is 0 Å². The maximum absolute atomic E-state index is 12.8. The standard InChI is InChI=1S/C66H120O6/c1-4-7-10-13-16-19-21-23-25-27-28-29-30-31-32-33-34-35-36-37-38-39-41-42-44-47-50-53-56-59-65(68)71-62-63(61-70-64(67)58-55-52-49-46-18-15-12-9-6-3)72-66(69)60-57-54-51-48-45-43-40-26-24-22-20-17-14-11-8-5-2/h21,23,26-28,30-31,40,63H,4-20,22,24-25,29,32-39,41-62H2,1-3H3/b23-21-,28-27-,31-30-,40-26-. The quantitative estimate of drug-likeness (QED) is 0.0261. The fourth-order valence-electron chi connectivity index (χ4n) is 9.27. The maximum Gasteiger partial charge on any atom is 0.306 e. The Bertz CT molecular complexity index is 1250. The number of hydrogen-bond donors (Lipinski definition) is 0. The molecular formula is C66H120O6. The number of ether oxygens (including phenoxy) is 3. The van der Waals surface area contributed by atoms with E-state index >= 15 is 0 Å². The van der Waals surface area contributed by atoms with E-state index in [4.69, 9.17) is 14.2 Å². The van der Waals surface area contributed by atoms with E-state index in [9.17, 15) is 14.4 Å². The lowest BCUT2D eigenvalue weighted by atomic mass is 10.0. The Labute approximate surface area is 448 Å². The highest BCUT2D eigenvalue weighted by atomic mass is 16.6. The van der Waals surface area contributed by atoms with Crippen LogP contribution in [0.3, 0.4) is 0 Å². The third kappa shape index (κ3) is 58.3. The molecule has 1 atom stereocenters. The summed E-state index contributed by atoms with van der Waals surface area (Å²) in [6.45, 7) is 6.64. The molecule has 0 bridgehead atoms. The van der Waals surface area contributed by atoms with Crippen molar-refractivity contribution in [3.8, 4) is 0 Å². The molecule has 0 aromatic carbocycles. The Balaban J connectivity index is 4.13. The fraction of sp³-hybridized carbons (Fsp3) is 0.833. The van der Waals surface area contributed by atoms with Crippen LogP contribution in [0.2, 0.25) is 0 Å². The number of allylic oxidation sites excluding steroid dienone is 8. The smallest absolute Gasteiger partial charge is 0.306 e. The molecule has 0 heterocycles. The second-order valence-corrected chi connectivity index (χ2v) is 21.3. The Morgan fingerprint density at radius 3 is 0.792 bits per heavy atom. The van der Waals surface area contributed by atoms with Crippen molar-refractivity contribution < 1.29 is 28.6 Å². The highest BCUT2D eigenvalue weighted by Gasteiger charge is 2.19. The van der Waals surface area contributed by atoms with E-state index in [1.165, 1.54) is 218 Å². The first kappa shape index (κ1) is 69.4. The van der Waals surface area contributed by atoms with Crippen molar-refractivity contribution in [1.29, 1.82) is 0 Å². The minimum absolute atomic E-state index is 0.0728. The van der Waals surface area contributed by atoms with Gasteiger partial charge in [-0.2, -0.15) is 0 Å². The third-order valence-electron chi connectivity index (χ3n) is 14.1. The Morgan fingerprint density at radius 2 is 0.500 bits per heavy atom. The van der Waals surface area contributed by atoms with Gasteiger partial charge in [-0.3, -0.25) is 14.4 Å². The molecule has 0 saturated heterocycles. The zero-order valence-electron chi connectivity index (χ0n) is 48.2. The minimum atomic E-state index is -0.774. The average Bonchev–Trinajstić information content (AvgIpc) is 3.38. The summed E-state index contributed by atoms with van der Waals surface area (Å²) in [6.07, 6.45) is 75.6. The first-order valence-electron chi connectivity index (χ1n) is 31.6. The molecule has 1 unspecified atom stereocenters. The molecule has 0 radical (unpaired) electrons. The van der Waals surface area contributed by atoms with E-state index in [-0.39, 0.29) is 31.1 Å². The minimum Gasteiger partial charge on any atom is -0.462 e. The summed E-state index contributed by atoms with van der Waals surface area (Å²) in [5, 5.41) is 0. The number of carbonyl (C=O) groups is 3. The van der Waals surface area contributed by atoms with Crippen LogP contribution in [-0.2, 0) is 28.6 Å². The molecule has 0 spiro atoms. The average molecular weight is 1010 g/mol. The second kappa shape index (κ2) is 60.9. The molecule has 72 heavy (non-hydrogen) atoms. The number of rotatable bonds is 58. The van der Waals surface area contributed by atoms with Crippen LogP contribution in [0.25, 0.3) is 0 Å². The molecule has 0 aliphatic carbocycles. The molecule has 0 fully saturated rings. The molecule has 6 heteroatoms. The SMILES string of the molecule is CCCCCCC/C=C\C/C=C\C/C=C\CCCCCCCCCCCCCCCCC(=O)OCC(COC(=O)CCCCCCCCCCC)OC(=O)CCCCCCC/C=C\CCCCCCCCC. The van der Waals surface area contributed by atoms with Gasteiger partial charge in [0.1, 0.15) is 13.2 Å². The van der Waals surface area contributed by atoms with Gasteiger partial charge in [0.25, 0.3) is 0 Å². The molecule has 0 aromatic heterocycles. The summed E-state index contributed by atoms with van der Waals surface area (Å²) in [5.74, 6) is -0.868. The first-order chi connectivity index (χ1) is 35.5. The molecule has 6 nitrogen and oxygen atoms in total. The van der Waals surface area contributed by atoms with Gasteiger partial charge in [-0.15, -0.1) is 0 Å². The van der Waals surface area contributed by atoms with Gasteiger partial charge < -0.3 is 14.2 Å². The predicted molar refractivity (Wildman–Crippen MR) is 312 cm³/mol. The summed E-state index contributed by atoms with van der Waals surface area (Å²) < 4.78 is 16.9. The summed E-state index contributed by atoms with van der Waals surface area (Å²) in [4.78, 5) is 38.1. The molecule has 0 aliphatic heterocycles.